The number of halogens is 3. The molecular formula is C10H12F3N. The topological polar surface area (TPSA) is 12.0 Å². The Morgan fingerprint density at radius 3 is 1.79 bits per heavy atom. The van der Waals surface area contributed by atoms with Crippen LogP contribution in [0.3, 0.4) is 0 Å². The number of aryl methyl sites for hydroxylation is 2. The molecule has 1 aromatic carbocycles. The first-order chi connectivity index (χ1) is 6.36. The fourth-order valence-corrected chi connectivity index (χ4v) is 1.52. The number of nitrogens with one attached hydrogen (secondary N) is 1. The highest BCUT2D eigenvalue weighted by Gasteiger charge is 2.31. The number of anilines is 1. The van der Waals surface area contributed by atoms with Crippen LogP contribution in [-0.2, 0) is 6.18 Å². The molecule has 0 aliphatic carbocycles. The maximum atomic E-state index is 12.4. The summed E-state index contributed by atoms with van der Waals surface area (Å²) in [5, 5.41) is 2.87. The average Bonchev–Trinajstić information content (AvgIpc) is 2.01. The van der Waals surface area contributed by atoms with Crippen LogP contribution >= 0.6 is 0 Å². The summed E-state index contributed by atoms with van der Waals surface area (Å²) in [5.41, 5.74) is 1.39. The van der Waals surface area contributed by atoms with E-state index in [4.69, 9.17) is 0 Å². The Morgan fingerprint density at radius 2 is 1.50 bits per heavy atom. The Balaban J connectivity index is 3.28. The second-order valence-electron chi connectivity index (χ2n) is 3.23. The number of hydrogen-bond acceptors (Lipinski definition) is 1. The lowest BCUT2D eigenvalue weighted by atomic mass is 10.0. The van der Waals surface area contributed by atoms with Gasteiger partial charge in [0.05, 0.1) is 5.56 Å². The van der Waals surface area contributed by atoms with Crippen molar-refractivity contribution in [3.8, 4) is 0 Å². The number of benzene rings is 1. The Labute approximate surface area is 80.9 Å². The molecule has 0 saturated heterocycles. The van der Waals surface area contributed by atoms with Crippen molar-refractivity contribution in [2.45, 2.75) is 20.0 Å². The number of hydrogen-bond donors (Lipinski definition) is 1. The van der Waals surface area contributed by atoms with E-state index in [1.807, 2.05) is 0 Å². The van der Waals surface area contributed by atoms with Crippen molar-refractivity contribution in [3.63, 3.8) is 0 Å². The van der Waals surface area contributed by atoms with Crippen molar-refractivity contribution in [3.05, 3.63) is 28.8 Å². The summed E-state index contributed by atoms with van der Waals surface area (Å²) in [5.74, 6) is 0. The first-order valence-electron chi connectivity index (χ1n) is 4.22. The van der Waals surface area contributed by atoms with Gasteiger partial charge in [-0.2, -0.15) is 13.2 Å². The van der Waals surface area contributed by atoms with E-state index in [0.29, 0.717) is 11.1 Å². The van der Waals surface area contributed by atoms with Crippen LogP contribution in [0.25, 0.3) is 0 Å². The maximum Gasteiger partial charge on any atom is 0.416 e. The molecule has 0 heterocycles. The van der Waals surface area contributed by atoms with Gasteiger partial charge in [0.2, 0.25) is 0 Å². The SMILES string of the molecule is CNc1c(C)cc(C(F)(F)F)cc1C. The van der Waals surface area contributed by atoms with Gasteiger partial charge in [0, 0.05) is 12.7 Å². The van der Waals surface area contributed by atoms with Crippen LogP contribution in [0.15, 0.2) is 12.1 Å². The van der Waals surface area contributed by atoms with E-state index in [2.05, 4.69) is 5.32 Å². The highest BCUT2D eigenvalue weighted by Crippen LogP contribution is 2.33. The molecule has 0 aromatic heterocycles. The van der Waals surface area contributed by atoms with Crippen LogP contribution in [0.5, 0.6) is 0 Å². The highest BCUT2D eigenvalue weighted by molar-refractivity contribution is 5.58. The third kappa shape index (κ3) is 2.00. The van der Waals surface area contributed by atoms with Gasteiger partial charge in [0.15, 0.2) is 0 Å². The summed E-state index contributed by atoms with van der Waals surface area (Å²) in [6, 6.07) is 2.30. The molecule has 0 fully saturated rings. The van der Waals surface area contributed by atoms with Crippen molar-refractivity contribution in [1.29, 1.82) is 0 Å². The lowest BCUT2D eigenvalue weighted by Gasteiger charge is -2.13. The minimum atomic E-state index is -4.26. The van der Waals surface area contributed by atoms with Crippen molar-refractivity contribution in [2.75, 3.05) is 12.4 Å². The van der Waals surface area contributed by atoms with Gasteiger partial charge in [0.1, 0.15) is 0 Å². The summed E-state index contributed by atoms with van der Waals surface area (Å²) in [6.07, 6.45) is -4.26. The fourth-order valence-electron chi connectivity index (χ4n) is 1.52. The molecule has 0 radical (unpaired) electrons. The summed E-state index contributed by atoms with van der Waals surface area (Å²) in [7, 11) is 1.70. The fraction of sp³-hybridized carbons (Fsp3) is 0.400. The first kappa shape index (κ1) is 10.9. The van der Waals surface area contributed by atoms with Gasteiger partial charge in [-0.3, -0.25) is 0 Å². The van der Waals surface area contributed by atoms with Crippen LogP contribution in [0.4, 0.5) is 18.9 Å². The summed E-state index contributed by atoms with van der Waals surface area (Å²) in [4.78, 5) is 0. The molecule has 0 amide bonds. The van der Waals surface area contributed by atoms with E-state index in [0.717, 1.165) is 17.8 Å². The Morgan fingerprint density at radius 1 is 1.07 bits per heavy atom. The minimum absolute atomic E-state index is 0.591. The summed E-state index contributed by atoms with van der Waals surface area (Å²) in [6.45, 7) is 3.32. The maximum absolute atomic E-state index is 12.4. The highest BCUT2D eigenvalue weighted by atomic mass is 19.4. The Kier molecular flexibility index (Phi) is 2.73. The van der Waals surface area contributed by atoms with E-state index in [1.54, 1.807) is 20.9 Å². The molecule has 1 rings (SSSR count). The van der Waals surface area contributed by atoms with Gasteiger partial charge in [0.25, 0.3) is 0 Å². The zero-order valence-electron chi connectivity index (χ0n) is 8.29. The van der Waals surface area contributed by atoms with Crippen molar-refractivity contribution < 1.29 is 13.2 Å². The summed E-state index contributed by atoms with van der Waals surface area (Å²) >= 11 is 0. The number of alkyl halides is 3. The Bertz CT molecular complexity index is 319. The minimum Gasteiger partial charge on any atom is -0.388 e. The molecule has 1 aromatic rings. The molecule has 1 nitrogen and oxygen atoms in total. The quantitative estimate of drug-likeness (QED) is 0.737. The molecule has 0 atom stereocenters. The van der Waals surface area contributed by atoms with E-state index in [-0.39, 0.29) is 0 Å². The molecule has 0 spiro atoms. The Hall–Kier alpha value is -1.19. The molecule has 1 N–H and O–H groups in total. The molecule has 14 heavy (non-hydrogen) atoms. The molecule has 0 aliphatic rings. The second-order valence-corrected chi connectivity index (χ2v) is 3.23. The zero-order chi connectivity index (χ0) is 10.9. The van der Waals surface area contributed by atoms with Crippen molar-refractivity contribution in [2.24, 2.45) is 0 Å². The largest absolute Gasteiger partial charge is 0.416 e. The van der Waals surface area contributed by atoms with E-state index >= 15 is 0 Å². The van der Waals surface area contributed by atoms with Gasteiger partial charge < -0.3 is 5.32 Å². The molecule has 0 saturated carbocycles. The average molecular weight is 203 g/mol. The molecule has 0 unspecified atom stereocenters. The lowest BCUT2D eigenvalue weighted by Crippen LogP contribution is -2.07. The standard InChI is InChI=1S/C10H12F3N/c1-6-4-8(10(11,12)13)5-7(2)9(6)14-3/h4-5,14H,1-3H3. The third-order valence-corrected chi connectivity index (χ3v) is 2.11. The molecule has 4 heteroatoms. The number of rotatable bonds is 1. The summed E-state index contributed by atoms with van der Waals surface area (Å²) < 4.78 is 37.1. The van der Waals surface area contributed by atoms with Gasteiger partial charge >= 0.3 is 6.18 Å². The van der Waals surface area contributed by atoms with Crippen LogP contribution in [0, 0.1) is 13.8 Å². The van der Waals surface area contributed by atoms with Gasteiger partial charge in [-0.15, -0.1) is 0 Å². The predicted octanol–water partition coefficient (Wildman–Crippen LogP) is 3.36. The third-order valence-electron chi connectivity index (χ3n) is 2.11. The van der Waals surface area contributed by atoms with Gasteiger partial charge in [-0.1, -0.05) is 0 Å². The van der Waals surface area contributed by atoms with Crippen molar-refractivity contribution in [1.82, 2.24) is 0 Å². The molecule has 0 aliphatic heterocycles. The van der Waals surface area contributed by atoms with Gasteiger partial charge in [-0.25, -0.2) is 0 Å². The van der Waals surface area contributed by atoms with E-state index in [1.165, 1.54) is 0 Å². The van der Waals surface area contributed by atoms with E-state index in [9.17, 15) is 13.2 Å². The van der Waals surface area contributed by atoms with E-state index < -0.39 is 11.7 Å². The van der Waals surface area contributed by atoms with Crippen molar-refractivity contribution >= 4 is 5.69 Å². The second kappa shape index (κ2) is 3.52. The molecular weight excluding hydrogens is 191 g/mol. The lowest BCUT2D eigenvalue weighted by molar-refractivity contribution is -0.137. The smallest absolute Gasteiger partial charge is 0.388 e. The van der Waals surface area contributed by atoms with Crippen LogP contribution < -0.4 is 5.32 Å². The van der Waals surface area contributed by atoms with Crippen LogP contribution in [0.1, 0.15) is 16.7 Å². The van der Waals surface area contributed by atoms with Gasteiger partial charge in [-0.05, 0) is 37.1 Å². The predicted molar refractivity (Wildman–Crippen MR) is 50.5 cm³/mol. The molecule has 78 valence electrons. The first-order valence-corrected chi connectivity index (χ1v) is 4.22. The molecule has 0 bridgehead atoms. The zero-order valence-corrected chi connectivity index (χ0v) is 8.29. The normalized spacial score (nSPS) is 11.6. The van der Waals surface area contributed by atoms with Crippen LogP contribution in [0.2, 0.25) is 0 Å². The monoisotopic (exact) mass is 203 g/mol. The van der Waals surface area contributed by atoms with Crippen LogP contribution in [-0.4, -0.2) is 7.05 Å².